The molecule has 2 aromatic rings. The lowest BCUT2D eigenvalue weighted by Gasteiger charge is -2.10. The summed E-state index contributed by atoms with van der Waals surface area (Å²) in [6, 6.07) is 0. The third kappa shape index (κ3) is 3.34. The number of aryl methyl sites for hydroxylation is 1. The van der Waals surface area contributed by atoms with Crippen molar-refractivity contribution >= 4 is 23.1 Å². The van der Waals surface area contributed by atoms with Crippen LogP contribution in [0, 0.1) is 0 Å². The lowest BCUT2D eigenvalue weighted by atomic mass is 10.3. The summed E-state index contributed by atoms with van der Waals surface area (Å²) in [5.74, 6) is 0.556. The molecule has 0 fully saturated rings. The highest BCUT2D eigenvalue weighted by Gasteiger charge is 2.10. The van der Waals surface area contributed by atoms with E-state index in [9.17, 15) is 4.79 Å². The smallest absolute Gasteiger partial charge is 0.287 e. The standard InChI is InChI=1S/C12H17ClN6O2/c1-18-11(14)8(6-16-18)5-15-9-7-17-19(3-4-21-2)12(20)10(9)13/h6-7,15H,3-5,14H2,1-2H3. The van der Waals surface area contributed by atoms with E-state index in [0.29, 0.717) is 31.2 Å². The molecule has 0 bridgehead atoms. The molecule has 21 heavy (non-hydrogen) atoms. The van der Waals surface area contributed by atoms with Crippen molar-refractivity contribution in [2.45, 2.75) is 13.1 Å². The number of aromatic nitrogens is 4. The monoisotopic (exact) mass is 312 g/mol. The van der Waals surface area contributed by atoms with Gasteiger partial charge in [0.25, 0.3) is 5.56 Å². The number of rotatable bonds is 6. The Balaban J connectivity index is 2.12. The Hall–Kier alpha value is -2.06. The number of methoxy groups -OCH3 is 1. The average molecular weight is 313 g/mol. The highest BCUT2D eigenvalue weighted by atomic mass is 35.5. The quantitative estimate of drug-likeness (QED) is 0.804. The number of nitrogen functional groups attached to an aromatic ring is 1. The summed E-state index contributed by atoms with van der Waals surface area (Å²) in [6.07, 6.45) is 3.16. The van der Waals surface area contributed by atoms with E-state index in [-0.39, 0.29) is 10.6 Å². The number of anilines is 2. The van der Waals surface area contributed by atoms with Crippen LogP contribution in [0.3, 0.4) is 0 Å². The fraction of sp³-hybridized carbons (Fsp3) is 0.417. The van der Waals surface area contributed by atoms with Crippen molar-refractivity contribution in [3.05, 3.63) is 33.3 Å². The molecule has 0 saturated heterocycles. The molecule has 0 amide bonds. The molecule has 0 aliphatic rings. The molecule has 114 valence electrons. The zero-order valence-electron chi connectivity index (χ0n) is 11.8. The topological polar surface area (TPSA) is 100.0 Å². The second-order valence-electron chi connectivity index (χ2n) is 4.43. The molecule has 9 heteroatoms. The van der Waals surface area contributed by atoms with Crippen molar-refractivity contribution in [1.82, 2.24) is 19.6 Å². The molecule has 2 rings (SSSR count). The summed E-state index contributed by atoms with van der Waals surface area (Å²) in [5.41, 5.74) is 6.76. The molecule has 0 atom stereocenters. The number of ether oxygens (including phenoxy) is 1. The number of nitrogens with two attached hydrogens (primary N) is 1. The Morgan fingerprint density at radius 3 is 2.81 bits per heavy atom. The highest BCUT2D eigenvalue weighted by molar-refractivity contribution is 6.32. The van der Waals surface area contributed by atoms with E-state index in [0.717, 1.165) is 5.56 Å². The van der Waals surface area contributed by atoms with Crippen molar-refractivity contribution in [3.8, 4) is 0 Å². The minimum atomic E-state index is -0.363. The summed E-state index contributed by atoms with van der Waals surface area (Å²) < 4.78 is 7.74. The van der Waals surface area contributed by atoms with Gasteiger partial charge in [0, 0.05) is 26.3 Å². The first-order valence-electron chi connectivity index (χ1n) is 6.29. The van der Waals surface area contributed by atoms with Gasteiger partial charge in [-0.25, -0.2) is 4.68 Å². The summed E-state index contributed by atoms with van der Waals surface area (Å²) in [5, 5.41) is 11.2. The predicted molar refractivity (Wildman–Crippen MR) is 80.3 cm³/mol. The summed E-state index contributed by atoms with van der Waals surface area (Å²) in [7, 11) is 3.31. The van der Waals surface area contributed by atoms with Gasteiger partial charge in [0.15, 0.2) is 0 Å². The van der Waals surface area contributed by atoms with Gasteiger partial charge in [-0.3, -0.25) is 9.48 Å². The Labute approximate surface area is 126 Å². The van der Waals surface area contributed by atoms with Gasteiger partial charge >= 0.3 is 0 Å². The fourth-order valence-corrected chi connectivity index (χ4v) is 1.96. The van der Waals surface area contributed by atoms with Gasteiger partial charge in [-0.15, -0.1) is 0 Å². The van der Waals surface area contributed by atoms with Crippen LogP contribution in [0.4, 0.5) is 11.5 Å². The van der Waals surface area contributed by atoms with E-state index < -0.39 is 0 Å². The van der Waals surface area contributed by atoms with Crippen LogP contribution in [0.15, 0.2) is 17.2 Å². The van der Waals surface area contributed by atoms with E-state index in [4.69, 9.17) is 22.1 Å². The minimum Gasteiger partial charge on any atom is -0.384 e. The lowest BCUT2D eigenvalue weighted by Crippen LogP contribution is -2.26. The maximum atomic E-state index is 12.0. The van der Waals surface area contributed by atoms with Crippen LogP contribution in [0.5, 0.6) is 0 Å². The summed E-state index contributed by atoms with van der Waals surface area (Å²) in [6.45, 7) is 1.15. The van der Waals surface area contributed by atoms with E-state index >= 15 is 0 Å². The second kappa shape index (κ2) is 6.59. The average Bonchev–Trinajstić information content (AvgIpc) is 2.79. The molecule has 0 unspecified atom stereocenters. The second-order valence-corrected chi connectivity index (χ2v) is 4.80. The molecule has 2 aromatic heterocycles. The predicted octanol–water partition coefficient (Wildman–Crippen LogP) is 0.471. The molecular weight excluding hydrogens is 296 g/mol. The maximum Gasteiger partial charge on any atom is 0.287 e. The highest BCUT2D eigenvalue weighted by Crippen LogP contribution is 2.18. The van der Waals surface area contributed by atoms with Crippen LogP contribution in [-0.4, -0.2) is 33.3 Å². The van der Waals surface area contributed by atoms with Gasteiger partial charge in [-0.1, -0.05) is 11.6 Å². The zero-order chi connectivity index (χ0) is 15.4. The number of nitrogens with one attached hydrogen (secondary N) is 1. The largest absolute Gasteiger partial charge is 0.384 e. The number of nitrogens with zero attached hydrogens (tertiary/aromatic N) is 4. The number of hydrogen-bond acceptors (Lipinski definition) is 6. The van der Waals surface area contributed by atoms with E-state index in [1.54, 1.807) is 25.0 Å². The van der Waals surface area contributed by atoms with Crippen molar-refractivity contribution < 1.29 is 4.74 Å². The van der Waals surface area contributed by atoms with Crippen molar-refractivity contribution in [2.24, 2.45) is 7.05 Å². The Morgan fingerprint density at radius 1 is 1.43 bits per heavy atom. The molecule has 0 aliphatic carbocycles. The first kappa shape index (κ1) is 15.3. The molecule has 0 saturated carbocycles. The molecule has 2 heterocycles. The molecule has 3 N–H and O–H groups in total. The molecule has 8 nitrogen and oxygen atoms in total. The lowest BCUT2D eigenvalue weighted by molar-refractivity contribution is 0.182. The van der Waals surface area contributed by atoms with Crippen molar-refractivity contribution in [1.29, 1.82) is 0 Å². The van der Waals surface area contributed by atoms with Crippen LogP contribution in [0.2, 0.25) is 5.02 Å². The SMILES string of the molecule is COCCn1ncc(NCc2cnn(C)c2N)c(Cl)c1=O. The normalized spacial score (nSPS) is 10.8. The van der Waals surface area contributed by atoms with Gasteiger partial charge in [-0.2, -0.15) is 10.2 Å². The van der Waals surface area contributed by atoms with Crippen LogP contribution < -0.4 is 16.6 Å². The van der Waals surface area contributed by atoms with E-state index in [2.05, 4.69) is 15.5 Å². The van der Waals surface area contributed by atoms with Crippen molar-refractivity contribution in [3.63, 3.8) is 0 Å². The Bertz CT molecular complexity index is 681. The summed E-state index contributed by atoms with van der Waals surface area (Å²) >= 11 is 6.06. The Kier molecular flexibility index (Phi) is 4.81. The molecule has 0 radical (unpaired) electrons. The van der Waals surface area contributed by atoms with E-state index in [1.807, 2.05) is 0 Å². The number of halogens is 1. The van der Waals surface area contributed by atoms with Gasteiger partial charge in [0.1, 0.15) is 10.8 Å². The molecular formula is C12H17ClN6O2. The minimum absolute atomic E-state index is 0.0866. The first-order valence-corrected chi connectivity index (χ1v) is 6.67. The number of hydrogen-bond donors (Lipinski definition) is 2. The van der Waals surface area contributed by atoms with Crippen molar-refractivity contribution in [2.75, 3.05) is 24.8 Å². The fourth-order valence-electron chi connectivity index (χ4n) is 1.74. The molecule has 0 aliphatic heterocycles. The molecule has 0 spiro atoms. The van der Waals surface area contributed by atoms with Gasteiger partial charge in [0.2, 0.25) is 0 Å². The van der Waals surface area contributed by atoms with Gasteiger partial charge < -0.3 is 15.8 Å². The van der Waals surface area contributed by atoms with E-state index in [1.165, 1.54) is 10.9 Å². The molecule has 0 aromatic carbocycles. The van der Waals surface area contributed by atoms with Crippen LogP contribution in [-0.2, 0) is 24.9 Å². The third-order valence-corrected chi connectivity index (χ3v) is 3.39. The van der Waals surface area contributed by atoms with Crippen LogP contribution in [0.25, 0.3) is 0 Å². The van der Waals surface area contributed by atoms with Crippen LogP contribution >= 0.6 is 11.6 Å². The van der Waals surface area contributed by atoms with Crippen LogP contribution in [0.1, 0.15) is 5.56 Å². The summed E-state index contributed by atoms with van der Waals surface area (Å²) in [4.78, 5) is 12.0. The maximum absolute atomic E-state index is 12.0. The van der Waals surface area contributed by atoms with Gasteiger partial charge in [0.05, 0.1) is 31.2 Å². The Morgan fingerprint density at radius 2 is 2.19 bits per heavy atom. The first-order chi connectivity index (χ1) is 10.0. The zero-order valence-corrected chi connectivity index (χ0v) is 12.6. The van der Waals surface area contributed by atoms with Gasteiger partial charge in [-0.05, 0) is 0 Å². The third-order valence-electron chi connectivity index (χ3n) is 3.03.